The smallest absolute Gasteiger partial charge is 0.425 e. The van der Waals surface area contributed by atoms with Gasteiger partial charge in [0.15, 0.2) is 5.82 Å². The summed E-state index contributed by atoms with van der Waals surface area (Å²) in [5.74, 6) is 0.0397. The number of hydrogen-bond donors (Lipinski definition) is 0. The summed E-state index contributed by atoms with van der Waals surface area (Å²) < 4.78 is 11.6. The van der Waals surface area contributed by atoms with Crippen LogP contribution in [0.4, 0.5) is 15.4 Å². The molecule has 9 heteroatoms. The van der Waals surface area contributed by atoms with E-state index in [0.717, 1.165) is 10.5 Å². The Morgan fingerprint density at radius 1 is 1.07 bits per heavy atom. The van der Waals surface area contributed by atoms with Gasteiger partial charge in [0.2, 0.25) is 0 Å². The maximum atomic E-state index is 13.0. The standard InChI is InChI=1S/C20H23Br2ClN2O4/c1-19(2,3)28-17(26)25(18(27)29-20(4,5)6)16-15-12(13(22)10-24-16)7-11(9-21)8-14(15)23/h7-8,10H,9H2,1-6H3. The van der Waals surface area contributed by atoms with Crippen LogP contribution in [0.15, 0.2) is 22.8 Å². The summed E-state index contributed by atoms with van der Waals surface area (Å²) in [6.07, 6.45) is -0.291. The number of halogens is 3. The first-order valence-electron chi connectivity index (χ1n) is 8.82. The number of benzene rings is 1. The van der Waals surface area contributed by atoms with Crippen molar-refractivity contribution in [3.8, 4) is 0 Å². The molecule has 2 aromatic rings. The van der Waals surface area contributed by atoms with E-state index in [1.807, 2.05) is 6.07 Å². The molecule has 0 saturated heterocycles. The number of hydrogen-bond acceptors (Lipinski definition) is 5. The minimum Gasteiger partial charge on any atom is -0.443 e. The summed E-state index contributed by atoms with van der Waals surface area (Å²) in [6, 6.07) is 3.65. The fourth-order valence-electron chi connectivity index (χ4n) is 2.44. The van der Waals surface area contributed by atoms with Crippen molar-refractivity contribution in [2.75, 3.05) is 4.90 Å². The highest BCUT2D eigenvalue weighted by Crippen LogP contribution is 2.38. The molecule has 2 rings (SSSR count). The van der Waals surface area contributed by atoms with Crippen LogP contribution in [0.2, 0.25) is 5.02 Å². The van der Waals surface area contributed by atoms with Crippen LogP contribution in [0.3, 0.4) is 0 Å². The topological polar surface area (TPSA) is 68.7 Å². The minimum absolute atomic E-state index is 0.0397. The summed E-state index contributed by atoms with van der Waals surface area (Å²) in [7, 11) is 0. The fraction of sp³-hybridized carbons (Fsp3) is 0.450. The summed E-state index contributed by atoms with van der Waals surface area (Å²) in [5, 5.41) is 2.07. The first-order chi connectivity index (χ1) is 13.2. The zero-order valence-corrected chi connectivity index (χ0v) is 21.0. The molecule has 0 radical (unpaired) electrons. The van der Waals surface area contributed by atoms with Gasteiger partial charge in [-0.05, 0) is 75.2 Å². The van der Waals surface area contributed by atoms with Gasteiger partial charge in [0.05, 0.1) is 5.02 Å². The molecule has 1 aromatic heterocycles. The Bertz CT molecular complexity index is 924. The Morgan fingerprint density at radius 2 is 1.59 bits per heavy atom. The molecule has 1 heterocycles. The Kier molecular flexibility index (Phi) is 7.23. The molecule has 0 atom stereocenters. The van der Waals surface area contributed by atoms with Crippen LogP contribution in [0.25, 0.3) is 10.8 Å². The second-order valence-electron chi connectivity index (χ2n) is 8.36. The molecular formula is C20H23Br2ClN2O4. The van der Waals surface area contributed by atoms with E-state index < -0.39 is 23.4 Å². The van der Waals surface area contributed by atoms with Crippen LogP contribution in [0, 0.1) is 0 Å². The van der Waals surface area contributed by atoms with E-state index in [1.165, 1.54) is 6.20 Å². The average molecular weight is 551 g/mol. The molecule has 0 aliphatic carbocycles. The van der Waals surface area contributed by atoms with E-state index in [9.17, 15) is 9.59 Å². The first-order valence-corrected chi connectivity index (χ1v) is 11.1. The molecular weight excluding hydrogens is 527 g/mol. The highest BCUT2D eigenvalue weighted by Gasteiger charge is 2.35. The second kappa shape index (κ2) is 8.78. The van der Waals surface area contributed by atoms with Crippen molar-refractivity contribution in [1.82, 2.24) is 4.98 Å². The Hall–Kier alpha value is -1.38. The predicted octanol–water partition coefficient (Wildman–Crippen LogP) is 7.22. The predicted molar refractivity (Wildman–Crippen MR) is 122 cm³/mol. The number of nitrogens with zero attached hydrogens (tertiary/aromatic N) is 2. The van der Waals surface area contributed by atoms with Gasteiger partial charge in [-0.25, -0.2) is 14.6 Å². The molecule has 0 aliphatic rings. The maximum Gasteiger partial charge on any atom is 0.425 e. The van der Waals surface area contributed by atoms with Crippen LogP contribution < -0.4 is 4.90 Å². The monoisotopic (exact) mass is 548 g/mol. The lowest BCUT2D eigenvalue weighted by Crippen LogP contribution is -2.44. The SMILES string of the molecule is CC(C)(C)OC(=O)N(C(=O)OC(C)(C)C)c1ncc(Br)c2cc(CBr)cc(Cl)c12. The summed E-state index contributed by atoms with van der Waals surface area (Å²) >= 11 is 13.4. The average Bonchev–Trinajstić information content (AvgIpc) is 2.53. The third kappa shape index (κ3) is 6.06. The number of amides is 2. The van der Waals surface area contributed by atoms with Crippen LogP contribution >= 0.6 is 43.5 Å². The lowest BCUT2D eigenvalue weighted by atomic mass is 10.1. The lowest BCUT2D eigenvalue weighted by molar-refractivity contribution is 0.0429. The van der Waals surface area contributed by atoms with E-state index >= 15 is 0 Å². The summed E-state index contributed by atoms with van der Waals surface area (Å²) in [6.45, 7) is 10.3. The highest BCUT2D eigenvalue weighted by molar-refractivity contribution is 9.10. The number of aromatic nitrogens is 1. The molecule has 0 fully saturated rings. The van der Waals surface area contributed by atoms with Crippen molar-refractivity contribution < 1.29 is 19.1 Å². The number of anilines is 1. The van der Waals surface area contributed by atoms with Gasteiger partial charge in [0.25, 0.3) is 0 Å². The van der Waals surface area contributed by atoms with Gasteiger partial charge in [0, 0.05) is 26.8 Å². The summed E-state index contributed by atoms with van der Waals surface area (Å²) in [5.41, 5.74) is -0.716. The van der Waals surface area contributed by atoms with Crippen molar-refractivity contribution >= 4 is 72.2 Å². The normalized spacial score (nSPS) is 12.0. The van der Waals surface area contributed by atoms with E-state index in [0.29, 0.717) is 25.6 Å². The molecule has 29 heavy (non-hydrogen) atoms. The molecule has 158 valence electrons. The van der Waals surface area contributed by atoms with Gasteiger partial charge < -0.3 is 9.47 Å². The van der Waals surface area contributed by atoms with Gasteiger partial charge in [-0.15, -0.1) is 0 Å². The number of rotatable bonds is 2. The maximum absolute atomic E-state index is 13.0. The third-order valence-electron chi connectivity index (χ3n) is 3.45. The summed E-state index contributed by atoms with van der Waals surface area (Å²) in [4.78, 5) is 31.0. The Labute approximate surface area is 192 Å². The molecule has 6 nitrogen and oxygen atoms in total. The van der Waals surface area contributed by atoms with Crippen molar-refractivity contribution in [2.24, 2.45) is 0 Å². The lowest BCUT2D eigenvalue weighted by Gasteiger charge is -2.28. The first kappa shape index (κ1) is 23.9. The van der Waals surface area contributed by atoms with E-state index in [2.05, 4.69) is 36.8 Å². The van der Waals surface area contributed by atoms with Gasteiger partial charge >= 0.3 is 12.2 Å². The van der Waals surface area contributed by atoms with Gasteiger partial charge in [0.1, 0.15) is 11.2 Å². The Balaban J connectivity index is 2.73. The number of ether oxygens (including phenoxy) is 2. The third-order valence-corrected chi connectivity index (χ3v) is 5.03. The Morgan fingerprint density at radius 3 is 2.03 bits per heavy atom. The molecule has 0 aliphatic heterocycles. The highest BCUT2D eigenvalue weighted by atomic mass is 79.9. The second-order valence-corrected chi connectivity index (χ2v) is 10.2. The van der Waals surface area contributed by atoms with Crippen LogP contribution in [0.5, 0.6) is 0 Å². The van der Waals surface area contributed by atoms with Crippen molar-refractivity contribution in [1.29, 1.82) is 0 Å². The number of pyridine rings is 1. The van der Waals surface area contributed by atoms with Gasteiger partial charge in [-0.1, -0.05) is 27.5 Å². The number of alkyl halides is 1. The number of fused-ring (bicyclic) bond motifs is 1. The molecule has 1 aromatic carbocycles. The molecule has 0 unspecified atom stereocenters. The minimum atomic E-state index is -0.900. The fourth-order valence-corrected chi connectivity index (χ4v) is 3.50. The molecule has 2 amide bonds. The van der Waals surface area contributed by atoms with Crippen LogP contribution in [0.1, 0.15) is 47.1 Å². The largest absolute Gasteiger partial charge is 0.443 e. The quantitative estimate of drug-likeness (QED) is 0.369. The van der Waals surface area contributed by atoms with Gasteiger partial charge in [-0.3, -0.25) is 0 Å². The van der Waals surface area contributed by atoms with Crippen LogP contribution in [-0.4, -0.2) is 28.4 Å². The number of imide groups is 1. The van der Waals surface area contributed by atoms with E-state index in [-0.39, 0.29) is 5.82 Å². The van der Waals surface area contributed by atoms with E-state index in [4.69, 9.17) is 21.1 Å². The zero-order chi connectivity index (χ0) is 22.1. The van der Waals surface area contributed by atoms with Crippen molar-refractivity contribution in [3.05, 3.63) is 33.4 Å². The van der Waals surface area contributed by atoms with Crippen molar-refractivity contribution in [3.63, 3.8) is 0 Å². The zero-order valence-electron chi connectivity index (χ0n) is 17.1. The van der Waals surface area contributed by atoms with E-state index in [1.54, 1.807) is 47.6 Å². The molecule has 0 saturated carbocycles. The van der Waals surface area contributed by atoms with Crippen LogP contribution in [-0.2, 0) is 14.8 Å². The van der Waals surface area contributed by atoms with Gasteiger partial charge in [-0.2, -0.15) is 4.90 Å². The van der Waals surface area contributed by atoms with Crippen molar-refractivity contribution in [2.45, 2.75) is 58.1 Å². The molecule has 0 spiro atoms. The molecule has 0 bridgehead atoms. The number of carbonyl (C=O) groups is 2. The number of carbonyl (C=O) groups excluding carboxylic acids is 2. The molecule has 0 N–H and O–H groups in total.